The number of carboxylic acids is 1. The Balaban J connectivity index is 1.64. The topological polar surface area (TPSA) is 113 Å². The van der Waals surface area contributed by atoms with Crippen LogP contribution in [0.1, 0.15) is 86.7 Å². The normalized spacial score (nSPS) is 24.3. The van der Waals surface area contributed by atoms with E-state index in [4.69, 9.17) is 4.74 Å². The average molecular weight is 570 g/mol. The highest BCUT2D eigenvalue weighted by molar-refractivity contribution is 7.14. The van der Waals surface area contributed by atoms with Crippen molar-refractivity contribution in [2.45, 2.75) is 95.9 Å². The minimum atomic E-state index is -4.59. The van der Waals surface area contributed by atoms with Crippen molar-refractivity contribution in [1.29, 1.82) is 0 Å². The number of halogens is 3. The molecule has 0 unspecified atom stereocenters. The predicted molar refractivity (Wildman–Crippen MR) is 139 cm³/mol. The highest BCUT2D eigenvalue weighted by Gasteiger charge is 2.50. The summed E-state index contributed by atoms with van der Waals surface area (Å²) < 4.78 is 47.5. The lowest BCUT2D eigenvalue weighted by Crippen LogP contribution is -2.47. The van der Waals surface area contributed by atoms with Crippen molar-refractivity contribution >= 4 is 28.9 Å². The smallest absolute Gasteiger partial charge is 0.398 e. The number of carboxylic acid groups (broad SMARTS) is 1. The second kappa shape index (κ2) is 11.3. The predicted octanol–water partition coefficient (Wildman–Crippen LogP) is 6.33. The van der Waals surface area contributed by atoms with Crippen molar-refractivity contribution in [3.63, 3.8) is 0 Å². The van der Waals surface area contributed by atoms with Crippen LogP contribution in [0, 0.1) is 11.8 Å². The van der Waals surface area contributed by atoms with Crippen LogP contribution in [0.2, 0.25) is 0 Å². The number of aromatic hydroxyl groups is 1. The molecule has 2 aliphatic carbocycles. The first kappa shape index (κ1) is 29.1. The van der Waals surface area contributed by atoms with Gasteiger partial charge in [0.2, 0.25) is 17.7 Å². The van der Waals surface area contributed by atoms with Crippen molar-refractivity contribution in [2.75, 3.05) is 4.90 Å². The summed E-state index contributed by atoms with van der Waals surface area (Å²) in [5.74, 6) is -1.35. The van der Waals surface area contributed by atoms with E-state index in [-0.39, 0.29) is 51.2 Å². The van der Waals surface area contributed by atoms with E-state index in [1.54, 1.807) is 0 Å². The molecule has 39 heavy (non-hydrogen) atoms. The summed E-state index contributed by atoms with van der Waals surface area (Å²) in [6, 6.07) is 3.75. The monoisotopic (exact) mass is 569 g/mol. The highest BCUT2D eigenvalue weighted by atomic mass is 32.1. The SMILES string of the molecule is CC(C)(c1cc(N(C(=O)[C@H]2CC[C@H](C)CC2)[C@H]2CC[C@H](Oc3ccc(O)nn3)CC2)c(C(=O)O)s1)C(F)(F)F. The number of rotatable bonds is 7. The number of hydrogen-bond donors (Lipinski definition) is 2. The van der Waals surface area contributed by atoms with Gasteiger partial charge in [0.25, 0.3) is 0 Å². The number of anilines is 1. The Hall–Kier alpha value is -2.89. The van der Waals surface area contributed by atoms with Gasteiger partial charge in [0, 0.05) is 29.0 Å². The molecule has 2 heterocycles. The van der Waals surface area contributed by atoms with Crippen LogP contribution >= 0.6 is 11.3 Å². The van der Waals surface area contributed by atoms with Crippen LogP contribution < -0.4 is 9.64 Å². The van der Waals surface area contributed by atoms with E-state index in [0.717, 1.165) is 26.7 Å². The van der Waals surface area contributed by atoms with Crippen LogP contribution in [0.4, 0.5) is 18.9 Å². The summed E-state index contributed by atoms with van der Waals surface area (Å²) in [6.45, 7) is 4.18. The molecule has 214 valence electrons. The molecule has 0 atom stereocenters. The lowest BCUT2D eigenvalue weighted by molar-refractivity contribution is -0.179. The zero-order valence-electron chi connectivity index (χ0n) is 22.2. The third-order valence-corrected chi connectivity index (χ3v) is 9.45. The van der Waals surface area contributed by atoms with Gasteiger partial charge < -0.3 is 19.8 Å². The quantitative estimate of drug-likeness (QED) is 0.401. The maximum absolute atomic E-state index is 14.0. The van der Waals surface area contributed by atoms with Gasteiger partial charge in [-0.25, -0.2) is 4.79 Å². The third-order valence-electron chi connectivity index (χ3n) is 8.02. The van der Waals surface area contributed by atoms with Crippen LogP contribution in [0.15, 0.2) is 18.2 Å². The lowest BCUT2D eigenvalue weighted by Gasteiger charge is -2.39. The Morgan fingerprint density at radius 2 is 1.67 bits per heavy atom. The van der Waals surface area contributed by atoms with Crippen LogP contribution in [-0.4, -0.2) is 50.6 Å². The summed E-state index contributed by atoms with van der Waals surface area (Å²) in [7, 11) is 0. The molecule has 0 bridgehead atoms. The molecule has 0 spiro atoms. The second-order valence-corrected chi connectivity index (χ2v) is 12.2. The maximum Gasteiger partial charge on any atom is 0.398 e. The molecule has 2 fully saturated rings. The maximum atomic E-state index is 14.0. The van der Waals surface area contributed by atoms with Crippen LogP contribution in [0.3, 0.4) is 0 Å². The molecule has 2 aromatic rings. The largest absolute Gasteiger partial charge is 0.492 e. The summed E-state index contributed by atoms with van der Waals surface area (Å²) in [4.78, 5) is 27.3. The van der Waals surface area contributed by atoms with Gasteiger partial charge in [-0.1, -0.05) is 6.92 Å². The van der Waals surface area contributed by atoms with Crippen molar-refractivity contribution in [2.24, 2.45) is 11.8 Å². The zero-order valence-corrected chi connectivity index (χ0v) is 23.0. The molecule has 2 saturated carbocycles. The van der Waals surface area contributed by atoms with E-state index in [1.807, 2.05) is 0 Å². The van der Waals surface area contributed by atoms with Gasteiger partial charge in [-0.05, 0) is 77.2 Å². The fraction of sp³-hybridized carbons (Fsp3) is 0.630. The highest BCUT2D eigenvalue weighted by Crippen LogP contribution is 2.47. The Morgan fingerprint density at radius 3 is 2.21 bits per heavy atom. The van der Waals surface area contributed by atoms with Gasteiger partial charge in [-0.15, -0.1) is 21.5 Å². The van der Waals surface area contributed by atoms with E-state index in [1.165, 1.54) is 23.1 Å². The Morgan fingerprint density at radius 1 is 1.03 bits per heavy atom. The number of aromatic nitrogens is 2. The molecule has 0 radical (unpaired) electrons. The summed E-state index contributed by atoms with van der Waals surface area (Å²) in [5.41, 5.74) is -2.22. The number of hydrogen-bond acceptors (Lipinski definition) is 7. The molecule has 12 heteroatoms. The Kier molecular flexibility index (Phi) is 8.44. The van der Waals surface area contributed by atoms with Gasteiger partial charge in [0.1, 0.15) is 11.0 Å². The minimum Gasteiger partial charge on any atom is -0.492 e. The van der Waals surface area contributed by atoms with E-state index in [9.17, 15) is 33.0 Å². The first-order valence-corrected chi connectivity index (χ1v) is 14.1. The fourth-order valence-electron chi connectivity index (χ4n) is 5.33. The van der Waals surface area contributed by atoms with Gasteiger partial charge in [0.05, 0.1) is 11.1 Å². The number of alkyl halides is 3. The first-order valence-electron chi connectivity index (χ1n) is 13.2. The number of thiophene rings is 1. The number of carbonyl (C=O) groups is 2. The fourth-order valence-corrected chi connectivity index (χ4v) is 6.44. The number of carbonyl (C=O) groups excluding carboxylic acids is 1. The van der Waals surface area contributed by atoms with Crippen LogP contribution in [0.5, 0.6) is 11.8 Å². The molecule has 0 saturated heterocycles. The van der Waals surface area contributed by atoms with Crippen molar-refractivity contribution < 1.29 is 37.7 Å². The van der Waals surface area contributed by atoms with Gasteiger partial charge >= 0.3 is 12.1 Å². The molecule has 8 nitrogen and oxygen atoms in total. The lowest BCUT2D eigenvalue weighted by atomic mass is 9.81. The molecular formula is C27H34F3N3O5S. The van der Waals surface area contributed by atoms with E-state index >= 15 is 0 Å². The summed E-state index contributed by atoms with van der Waals surface area (Å²) in [5, 5.41) is 26.7. The second-order valence-electron chi connectivity index (χ2n) is 11.2. The number of aromatic carboxylic acids is 1. The Labute approximate surface area is 229 Å². The zero-order chi connectivity index (χ0) is 28.5. The first-order chi connectivity index (χ1) is 18.3. The van der Waals surface area contributed by atoms with Crippen molar-refractivity contribution in [3.05, 3.63) is 28.0 Å². The van der Waals surface area contributed by atoms with Gasteiger partial charge in [-0.2, -0.15) is 13.2 Å². The standard InChI is InChI=1S/C27H34F3N3O5S/c1-15-4-6-16(7-5-15)24(35)33(17-8-10-18(11-9-17)38-22-13-12-21(34)31-32-22)19-14-20(39-23(19)25(36)37)26(2,3)27(28,29)30/h12-18H,4-11H2,1-3H3,(H,31,34)(H,36,37)/t15-,16-,17-,18-. The van der Waals surface area contributed by atoms with E-state index in [2.05, 4.69) is 17.1 Å². The molecule has 1 amide bonds. The average Bonchev–Trinajstić information content (AvgIpc) is 3.32. The molecule has 0 aliphatic heterocycles. The van der Waals surface area contributed by atoms with E-state index < -0.39 is 17.6 Å². The molecule has 0 aromatic carbocycles. The third kappa shape index (κ3) is 6.31. The van der Waals surface area contributed by atoms with Gasteiger partial charge in [0.15, 0.2) is 0 Å². The van der Waals surface area contributed by atoms with Crippen molar-refractivity contribution in [3.8, 4) is 11.8 Å². The molecule has 2 aromatic heterocycles. The number of ether oxygens (including phenoxy) is 1. The molecule has 2 aliphatic rings. The van der Waals surface area contributed by atoms with Gasteiger partial charge in [-0.3, -0.25) is 4.79 Å². The van der Waals surface area contributed by atoms with Crippen LogP contribution in [-0.2, 0) is 10.2 Å². The van der Waals surface area contributed by atoms with Crippen LogP contribution in [0.25, 0.3) is 0 Å². The minimum absolute atomic E-state index is 0.0530. The van der Waals surface area contributed by atoms with E-state index in [0.29, 0.717) is 55.8 Å². The summed E-state index contributed by atoms with van der Waals surface area (Å²) >= 11 is 0.588. The number of amides is 1. The summed E-state index contributed by atoms with van der Waals surface area (Å²) in [6.07, 6.45) is 0.304. The molecule has 4 rings (SSSR count). The van der Waals surface area contributed by atoms with Crippen molar-refractivity contribution in [1.82, 2.24) is 10.2 Å². The Bertz CT molecular complexity index is 1170. The molecular weight excluding hydrogens is 535 g/mol. The molecule has 2 N–H and O–H groups in total. The number of nitrogens with zero attached hydrogens (tertiary/aromatic N) is 3.